The normalized spacial score (nSPS) is 15.9. The minimum Gasteiger partial charge on any atom is -0.497 e. The highest BCUT2D eigenvalue weighted by atomic mass is 28.4. The number of hydrogen-bond donors (Lipinski definition) is 0. The van der Waals surface area contributed by atoms with Crippen molar-refractivity contribution in [2.24, 2.45) is 11.8 Å². The molecule has 1 aromatic rings. The molecule has 182 valence electrons. The topological polar surface area (TPSA) is 36.9 Å². The SMILES string of the molecule is CC#CC[C@H](C)[C@@H](OC)[C@@H](C)[C@@H](CCOCc1ccc(OC)cc1)O[Si](C)(C)C(C)(C)C. The molecule has 0 aliphatic heterocycles. The van der Waals surface area contributed by atoms with Gasteiger partial charge in [0.1, 0.15) is 5.75 Å². The van der Waals surface area contributed by atoms with Gasteiger partial charge in [-0.25, -0.2) is 0 Å². The second kappa shape index (κ2) is 13.4. The van der Waals surface area contributed by atoms with Gasteiger partial charge in [0.2, 0.25) is 0 Å². The van der Waals surface area contributed by atoms with Crippen molar-refractivity contribution in [3.63, 3.8) is 0 Å². The lowest BCUT2D eigenvalue weighted by atomic mass is 9.86. The molecule has 0 spiro atoms. The van der Waals surface area contributed by atoms with Crippen molar-refractivity contribution >= 4 is 8.32 Å². The molecule has 0 radical (unpaired) electrons. The molecule has 0 aliphatic carbocycles. The molecule has 0 saturated carbocycles. The molecule has 0 unspecified atom stereocenters. The monoisotopic (exact) mass is 462 g/mol. The number of methoxy groups -OCH3 is 2. The minimum atomic E-state index is -1.94. The summed E-state index contributed by atoms with van der Waals surface area (Å²) in [6, 6.07) is 8.02. The lowest BCUT2D eigenvalue weighted by molar-refractivity contribution is -0.0387. The third-order valence-electron chi connectivity index (χ3n) is 6.77. The summed E-state index contributed by atoms with van der Waals surface area (Å²) in [6.07, 6.45) is 1.84. The molecule has 1 aromatic carbocycles. The van der Waals surface area contributed by atoms with Crippen LogP contribution in [0.15, 0.2) is 24.3 Å². The summed E-state index contributed by atoms with van der Waals surface area (Å²) in [5.74, 6) is 7.67. The van der Waals surface area contributed by atoms with Crippen LogP contribution in [0.4, 0.5) is 0 Å². The Kier molecular flexibility index (Phi) is 12.0. The second-order valence-corrected chi connectivity index (χ2v) is 15.0. The molecule has 0 aromatic heterocycles. The van der Waals surface area contributed by atoms with Crippen LogP contribution in [0, 0.1) is 23.7 Å². The van der Waals surface area contributed by atoms with Crippen molar-refractivity contribution in [2.75, 3.05) is 20.8 Å². The van der Waals surface area contributed by atoms with Crippen LogP contribution in [0.5, 0.6) is 5.75 Å². The van der Waals surface area contributed by atoms with Gasteiger partial charge in [0.05, 0.1) is 25.9 Å². The average molecular weight is 463 g/mol. The Bertz CT molecular complexity index is 712. The molecule has 0 aliphatic rings. The van der Waals surface area contributed by atoms with Crippen LogP contribution in [0.1, 0.15) is 59.9 Å². The third-order valence-corrected chi connectivity index (χ3v) is 11.3. The zero-order valence-electron chi connectivity index (χ0n) is 22.1. The van der Waals surface area contributed by atoms with Crippen LogP contribution in [-0.2, 0) is 20.5 Å². The summed E-state index contributed by atoms with van der Waals surface area (Å²) in [7, 11) is 1.55. The summed E-state index contributed by atoms with van der Waals surface area (Å²) < 4.78 is 24.1. The smallest absolute Gasteiger partial charge is 0.192 e. The van der Waals surface area contributed by atoms with E-state index >= 15 is 0 Å². The molecular weight excluding hydrogens is 416 g/mol. The molecule has 4 nitrogen and oxygen atoms in total. The van der Waals surface area contributed by atoms with Gasteiger partial charge >= 0.3 is 0 Å². The van der Waals surface area contributed by atoms with E-state index in [1.165, 1.54) is 0 Å². The molecule has 0 saturated heterocycles. The minimum absolute atomic E-state index is 0.0775. The summed E-state index contributed by atoms with van der Waals surface area (Å²) in [4.78, 5) is 0. The van der Waals surface area contributed by atoms with Gasteiger partial charge in [-0.15, -0.1) is 11.8 Å². The van der Waals surface area contributed by atoms with Gasteiger partial charge in [-0.05, 0) is 55.1 Å². The number of benzene rings is 1. The maximum absolute atomic E-state index is 6.91. The second-order valence-electron chi connectivity index (χ2n) is 10.3. The average Bonchev–Trinajstić information content (AvgIpc) is 2.74. The van der Waals surface area contributed by atoms with E-state index in [2.05, 4.69) is 59.6 Å². The van der Waals surface area contributed by atoms with Crippen LogP contribution in [0.25, 0.3) is 0 Å². The molecule has 5 heteroatoms. The molecule has 0 N–H and O–H groups in total. The number of ether oxygens (including phenoxy) is 3. The first-order chi connectivity index (χ1) is 15.0. The van der Waals surface area contributed by atoms with E-state index in [1.54, 1.807) is 14.2 Å². The summed E-state index contributed by atoms with van der Waals surface area (Å²) in [6.45, 7) is 19.1. The number of rotatable bonds is 13. The van der Waals surface area contributed by atoms with E-state index in [4.69, 9.17) is 18.6 Å². The lowest BCUT2D eigenvalue weighted by Gasteiger charge is -2.43. The first kappa shape index (κ1) is 28.7. The van der Waals surface area contributed by atoms with E-state index < -0.39 is 8.32 Å². The van der Waals surface area contributed by atoms with E-state index in [0.29, 0.717) is 19.1 Å². The highest BCUT2D eigenvalue weighted by Gasteiger charge is 2.41. The van der Waals surface area contributed by atoms with E-state index in [9.17, 15) is 0 Å². The molecule has 0 amide bonds. The van der Waals surface area contributed by atoms with E-state index in [-0.39, 0.29) is 23.2 Å². The van der Waals surface area contributed by atoms with Crippen molar-refractivity contribution in [1.29, 1.82) is 0 Å². The predicted octanol–water partition coefficient (Wildman–Crippen LogP) is 6.69. The van der Waals surface area contributed by atoms with Gasteiger partial charge in [-0.2, -0.15) is 0 Å². The number of hydrogen-bond acceptors (Lipinski definition) is 4. The van der Waals surface area contributed by atoms with Gasteiger partial charge in [-0.1, -0.05) is 46.8 Å². The van der Waals surface area contributed by atoms with Crippen LogP contribution >= 0.6 is 0 Å². The quantitative estimate of drug-likeness (QED) is 0.186. The summed E-state index contributed by atoms with van der Waals surface area (Å²) >= 11 is 0. The van der Waals surface area contributed by atoms with Crippen molar-refractivity contribution in [1.82, 2.24) is 0 Å². The highest BCUT2D eigenvalue weighted by Crippen LogP contribution is 2.39. The zero-order chi connectivity index (χ0) is 24.4. The van der Waals surface area contributed by atoms with Crippen molar-refractivity contribution < 1.29 is 18.6 Å². The van der Waals surface area contributed by atoms with E-state index in [0.717, 1.165) is 24.2 Å². The maximum atomic E-state index is 6.91. The first-order valence-electron chi connectivity index (χ1n) is 11.8. The Morgan fingerprint density at radius 1 is 1.03 bits per heavy atom. The first-order valence-corrected chi connectivity index (χ1v) is 14.7. The molecule has 1 rings (SSSR count). The Balaban J connectivity index is 2.87. The fourth-order valence-electron chi connectivity index (χ4n) is 3.65. The van der Waals surface area contributed by atoms with Crippen LogP contribution in [0.3, 0.4) is 0 Å². The van der Waals surface area contributed by atoms with Crippen LogP contribution in [0.2, 0.25) is 18.1 Å². The molecule has 0 bridgehead atoms. The standard InChI is InChI=1S/C27H46O4Si/c1-11-12-13-21(2)26(29-8)22(3)25(31-32(9,10)27(4,5)6)18-19-30-20-23-14-16-24(28-7)17-15-23/h14-17,21-22,25-26H,13,18-20H2,1-10H3/t21-,22-,25+,26+/m0/s1. The fourth-order valence-corrected chi connectivity index (χ4v) is 5.09. The van der Waals surface area contributed by atoms with Gasteiger partial charge in [0.25, 0.3) is 0 Å². The van der Waals surface area contributed by atoms with Crippen LogP contribution in [-0.4, -0.2) is 41.4 Å². The van der Waals surface area contributed by atoms with Gasteiger partial charge in [0, 0.05) is 26.1 Å². The maximum Gasteiger partial charge on any atom is 0.192 e. The van der Waals surface area contributed by atoms with Gasteiger partial charge in [0.15, 0.2) is 8.32 Å². The van der Waals surface area contributed by atoms with Gasteiger partial charge in [-0.3, -0.25) is 0 Å². The van der Waals surface area contributed by atoms with Crippen LogP contribution < -0.4 is 4.74 Å². The highest BCUT2D eigenvalue weighted by molar-refractivity contribution is 6.74. The van der Waals surface area contributed by atoms with Crippen molar-refractivity contribution in [3.8, 4) is 17.6 Å². The fraction of sp³-hybridized carbons (Fsp3) is 0.704. The third kappa shape index (κ3) is 8.90. The summed E-state index contributed by atoms with van der Waals surface area (Å²) in [5, 5.41) is 0.150. The zero-order valence-corrected chi connectivity index (χ0v) is 23.1. The molecule has 4 atom stereocenters. The molecule has 0 heterocycles. The lowest BCUT2D eigenvalue weighted by Crippen LogP contribution is -2.48. The Morgan fingerprint density at radius 3 is 2.16 bits per heavy atom. The Labute approximate surface area is 198 Å². The Morgan fingerprint density at radius 2 is 1.66 bits per heavy atom. The largest absolute Gasteiger partial charge is 0.497 e. The Hall–Kier alpha value is -1.32. The summed E-state index contributed by atoms with van der Waals surface area (Å²) in [5.41, 5.74) is 1.14. The molecule has 32 heavy (non-hydrogen) atoms. The molecule has 0 fully saturated rings. The van der Waals surface area contributed by atoms with E-state index in [1.807, 2.05) is 31.2 Å². The molecular formula is C27H46O4Si. The predicted molar refractivity (Wildman–Crippen MR) is 137 cm³/mol. The van der Waals surface area contributed by atoms with Crippen molar-refractivity contribution in [3.05, 3.63) is 29.8 Å². The van der Waals surface area contributed by atoms with Crippen molar-refractivity contribution in [2.45, 2.75) is 91.3 Å². The van der Waals surface area contributed by atoms with Gasteiger partial charge < -0.3 is 18.6 Å².